The van der Waals surface area contributed by atoms with Crippen molar-refractivity contribution < 1.29 is 4.79 Å². The Bertz CT molecular complexity index is 292. The molecule has 1 saturated heterocycles. The second-order valence-electron chi connectivity index (χ2n) is 6.28. The molecule has 1 heterocycles. The molecule has 1 aliphatic heterocycles. The van der Waals surface area contributed by atoms with Crippen LogP contribution >= 0.6 is 0 Å². The quantitative estimate of drug-likeness (QED) is 0.810. The van der Waals surface area contributed by atoms with E-state index in [4.69, 9.17) is 0 Å². The number of hydrogen-bond donors (Lipinski definition) is 2. The zero-order valence-corrected chi connectivity index (χ0v) is 12.0. The minimum Gasteiger partial charge on any atom is -0.353 e. The summed E-state index contributed by atoms with van der Waals surface area (Å²) in [6.45, 7) is 6.44. The predicted octanol–water partition coefficient (Wildman–Crippen LogP) is 2.46. The molecule has 1 saturated carbocycles. The van der Waals surface area contributed by atoms with Gasteiger partial charge in [0.15, 0.2) is 0 Å². The zero-order valence-electron chi connectivity index (χ0n) is 12.0. The van der Waals surface area contributed by atoms with Gasteiger partial charge in [0.05, 0.1) is 0 Å². The molecule has 2 rings (SSSR count). The minimum atomic E-state index is 0.237. The van der Waals surface area contributed by atoms with Crippen molar-refractivity contribution in [2.45, 2.75) is 77.4 Å². The Balaban J connectivity index is 2.01. The van der Waals surface area contributed by atoms with Crippen LogP contribution in [0.15, 0.2) is 0 Å². The monoisotopic (exact) mass is 252 g/mol. The van der Waals surface area contributed by atoms with Gasteiger partial charge in [-0.3, -0.25) is 4.79 Å². The maximum atomic E-state index is 12.4. The predicted molar refractivity (Wildman–Crippen MR) is 74.3 cm³/mol. The molecule has 18 heavy (non-hydrogen) atoms. The lowest BCUT2D eigenvalue weighted by Crippen LogP contribution is -2.55. The van der Waals surface area contributed by atoms with Gasteiger partial charge in [0.2, 0.25) is 5.91 Å². The highest BCUT2D eigenvalue weighted by molar-refractivity contribution is 5.79. The molecular formula is C15H28N2O. The minimum absolute atomic E-state index is 0.237. The standard InChI is InChI=1S/C15H28N2O/c1-4-10(2)17-15(18)13-9-11(3)16-14-8-6-5-7-12(13)14/h10-14,16H,4-9H2,1-3H3,(H,17,18)/t10-,11+,12-,13+,14+/m1/s1. The number of carbonyl (C=O) groups is 1. The maximum absolute atomic E-state index is 12.4. The normalized spacial score (nSPS) is 37.7. The number of hydrogen-bond acceptors (Lipinski definition) is 2. The topological polar surface area (TPSA) is 41.1 Å². The van der Waals surface area contributed by atoms with Gasteiger partial charge in [-0.05, 0) is 45.4 Å². The van der Waals surface area contributed by atoms with Crippen LogP contribution in [0, 0.1) is 11.8 Å². The first-order chi connectivity index (χ1) is 8.61. The van der Waals surface area contributed by atoms with Crippen LogP contribution in [0.4, 0.5) is 0 Å². The number of fused-ring (bicyclic) bond motifs is 1. The Morgan fingerprint density at radius 2 is 2.11 bits per heavy atom. The van der Waals surface area contributed by atoms with E-state index in [1.807, 2.05) is 0 Å². The molecule has 2 aliphatic rings. The van der Waals surface area contributed by atoms with E-state index in [1.54, 1.807) is 0 Å². The number of carbonyl (C=O) groups excluding carboxylic acids is 1. The molecule has 0 aromatic heterocycles. The third kappa shape index (κ3) is 3.05. The van der Waals surface area contributed by atoms with Crippen molar-refractivity contribution in [2.75, 3.05) is 0 Å². The summed E-state index contributed by atoms with van der Waals surface area (Å²) in [5, 5.41) is 6.88. The summed E-state index contributed by atoms with van der Waals surface area (Å²) in [6, 6.07) is 1.37. The average Bonchev–Trinajstić information content (AvgIpc) is 2.37. The summed E-state index contributed by atoms with van der Waals surface area (Å²) in [5.74, 6) is 1.11. The van der Waals surface area contributed by atoms with Crippen molar-refractivity contribution >= 4 is 5.91 Å². The molecular weight excluding hydrogens is 224 g/mol. The Kier molecular flexibility index (Phi) is 4.66. The molecule has 0 aromatic carbocycles. The first-order valence-electron chi connectivity index (χ1n) is 7.68. The third-order valence-corrected chi connectivity index (χ3v) is 4.78. The van der Waals surface area contributed by atoms with Crippen LogP contribution in [-0.4, -0.2) is 24.0 Å². The van der Waals surface area contributed by atoms with E-state index >= 15 is 0 Å². The summed E-state index contributed by atoms with van der Waals surface area (Å²) in [6.07, 6.45) is 7.11. The highest BCUT2D eigenvalue weighted by atomic mass is 16.2. The van der Waals surface area contributed by atoms with Gasteiger partial charge in [0.1, 0.15) is 0 Å². The number of piperidine rings is 1. The van der Waals surface area contributed by atoms with Crippen molar-refractivity contribution in [3.63, 3.8) is 0 Å². The first-order valence-corrected chi connectivity index (χ1v) is 7.68. The van der Waals surface area contributed by atoms with E-state index in [0.29, 0.717) is 30.0 Å². The van der Waals surface area contributed by atoms with Gasteiger partial charge in [0, 0.05) is 24.0 Å². The summed E-state index contributed by atoms with van der Waals surface area (Å²) >= 11 is 0. The molecule has 3 heteroatoms. The second-order valence-corrected chi connectivity index (χ2v) is 6.28. The Hall–Kier alpha value is -0.570. The molecule has 0 unspecified atom stereocenters. The smallest absolute Gasteiger partial charge is 0.223 e. The van der Waals surface area contributed by atoms with Crippen molar-refractivity contribution in [1.82, 2.24) is 10.6 Å². The highest BCUT2D eigenvalue weighted by Crippen LogP contribution is 2.36. The van der Waals surface area contributed by atoms with Crippen LogP contribution in [0.2, 0.25) is 0 Å². The third-order valence-electron chi connectivity index (χ3n) is 4.78. The van der Waals surface area contributed by atoms with Gasteiger partial charge < -0.3 is 10.6 Å². The Morgan fingerprint density at radius 1 is 1.39 bits per heavy atom. The lowest BCUT2D eigenvalue weighted by Gasteiger charge is -2.44. The van der Waals surface area contributed by atoms with Crippen molar-refractivity contribution in [3.8, 4) is 0 Å². The summed E-state index contributed by atoms with van der Waals surface area (Å²) in [4.78, 5) is 12.4. The first kappa shape index (κ1) is 13.9. The van der Waals surface area contributed by atoms with E-state index in [1.165, 1.54) is 25.7 Å². The van der Waals surface area contributed by atoms with E-state index in [2.05, 4.69) is 31.4 Å². The molecule has 2 fully saturated rings. The fourth-order valence-corrected chi connectivity index (χ4v) is 3.59. The van der Waals surface area contributed by atoms with E-state index in [0.717, 1.165) is 12.8 Å². The van der Waals surface area contributed by atoms with Crippen LogP contribution in [-0.2, 0) is 4.79 Å². The van der Waals surface area contributed by atoms with E-state index in [-0.39, 0.29) is 5.92 Å². The summed E-state index contributed by atoms with van der Waals surface area (Å²) in [5.41, 5.74) is 0. The largest absolute Gasteiger partial charge is 0.353 e. The van der Waals surface area contributed by atoms with E-state index < -0.39 is 0 Å². The van der Waals surface area contributed by atoms with E-state index in [9.17, 15) is 4.79 Å². The SMILES string of the molecule is CC[C@@H](C)NC(=O)[C@H]1C[C@H](C)N[C@H]2CCCC[C@@H]21. The van der Waals surface area contributed by atoms with Crippen LogP contribution in [0.3, 0.4) is 0 Å². The molecule has 1 amide bonds. The lowest BCUT2D eigenvalue weighted by atomic mass is 9.71. The van der Waals surface area contributed by atoms with Gasteiger partial charge in [-0.15, -0.1) is 0 Å². The molecule has 0 bridgehead atoms. The summed E-state index contributed by atoms with van der Waals surface area (Å²) in [7, 11) is 0. The van der Waals surface area contributed by atoms with Crippen LogP contribution in [0.5, 0.6) is 0 Å². The second kappa shape index (κ2) is 6.05. The van der Waals surface area contributed by atoms with Gasteiger partial charge >= 0.3 is 0 Å². The summed E-state index contributed by atoms with van der Waals surface area (Å²) < 4.78 is 0. The zero-order chi connectivity index (χ0) is 13.1. The molecule has 3 nitrogen and oxygen atoms in total. The Labute approximate surface area is 111 Å². The van der Waals surface area contributed by atoms with Crippen molar-refractivity contribution in [3.05, 3.63) is 0 Å². The number of rotatable bonds is 3. The maximum Gasteiger partial charge on any atom is 0.223 e. The number of nitrogens with one attached hydrogen (secondary N) is 2. The molecule has 2 N–H and O–H groups in total. The molecule has 104 valence electrons. The Morgan fingerprint density at radius 3 is 2.83 bits per heavy atom. The molecule has 0 spiro atoms. The molecule has 0 radical (unpaired) electrons. The lowest BCUT2D eigenvalue weighted by molar-refractivity contribution is -0.130. The average molecular weight is 252 g/mol. The van der Waals surface area contributed by atoms with Crippen LogP contribution in [0.1, 0.15) is 59.3 Å². The number of amides is 1. The molecule has 0 aromatic rings. The fraction of sp³-hybridized carbons (Fsp3) is 0.933. The van der Waals surface area contributed by atoms with Gasteiger partial charge in [-0.25, -0.2) is 0 Å². The van der Waals surface area contributed by atoms with Gasteiger partial charge in [-0.2, -0.15) is 0 Å². The van der Waals surface area contributed by atoms with Gasteiger partial charge in [-0.1, -0.05) is 19.8 Å². The van der Waals surface area contributed by atoms with Gasteiger partial charge in [0.25, 0.3) is 0 Å². The van der Waals surface area contributed by atoms with Crippen molar-refractivity contribution in [1.29, 1.82) is 0 Å². The van der Waals surface area contributed by atoms with Crippen LogP contribution < -0.4 is 10.6 Å². The molecule has 5 atom stereocenters. The van der Waals surface area contributed by atoms with Crippen molar-refractivity contribution in [2.24, 2.45) is 11.8 Å². The van der Waals surface area contributed by atoms with Crippen LogP contribution in [0.25, 0.3) is 0 Å². The molecule has 1 aliphatic carbocycles. The fourth-order valence-electron chi connectivity index (χ4n) is 3.59. The highest BCUT2D eigenvalue weighted by Gasteiger charge is 2.40.